The molecule has 5 rings (SSSR count). The second-order valence-corrected chi connectivity index (χ2v) is 9.28. The van der Waals surface area contributed by atoms with Gasteiger partial charge < -0.3 is 29.9 Å². The molecule has 0 spiro atoms. The van der Waals surface area contributed by atoms with Gasteiger partial charge >= 0.3 is 12.1 Å². The normalized spacial score (nSPS) is 25.2. The predicted molar refractivity (Wildman–Crippen MR) is 125 cm³/mol. The second kappa shape index (κ2) is 9.67. The van der Waals surface area contributed by atoms with Crippen LogP contribution >= 0.6 is 0 Å². The number of nitrogens with zero attached hydrogens (tertiary/aromatic N) is 1. The molecule has 0 bridgehead atoms. The quantitative estimate of drug-likeness (QED) is 0.577. The number of β-amino-alcohol motifs (C(OH)–C–C–N with tert-alkyl or cyclic N) is 1. The Kier molecular flexibility index (Phi) is 6.44. The highest BCUT2D eigenvalue weighted by Gasteiger charge is 2.45. The topological polar surface area (TPSA) is 125 Å². The number of carbonyl (C=O) groups is 3. The van der Waals surface area contributed by atoms with Gasteiger partial charge in [0, 0.05) is 38.0 Å². The molecule has 2 aliphatic heterocycles. The van der Waals surface area contributed by atoms with E-state index in [2.05, 4.69) is 17.4 Å². The summed E-state index contributed by atoms with van der Waals surface area (Å²) in [6.45, 7) is 0.653. The molecule has 3 aliphatic rings. The molecule has 2 aromatic rings. The molecule has 2 aromatic carbocycles. The van der Waals surface area contributed by atoms with Gasteiger partial charge in [0.15, 0.2) is 0 Å². The minimum Gasteiger partial charge on any atom is -0.480 e. The molecule has 2 heterocycles. The van der Waals surface area contributed by atoms with Crippen LogP contribution in [0.1, 0.15) is 29.9 Å². The average molecular weight is 481 g/mol. The van der Waals surface area contributed by atoms with Crippen molar-refractivity contribution in [2.45, 2.75) is 37.0 Å². The highest BCUT2D eigenvalue weighted by Crippen LogP contribution is 2.44. The number of hydrogen-bond acceptors (Lipinski definition) is 6. The maximum absolute atomic E-state index is 13.0. The minimum atomic E-state index is -1.15. The fourth-order valence-electron chi connectivity index (χ4n) is 5.43. The largest absolute Gasteiger partial charge is 0.480 e. The number of aliphatic carboxylic acids is 1. The average Bonchev–Trinajstić information content (AvgIpc) is 3.57. The lowest BCUT2D eigenvalue weighted by Crippen LogP contribution is -2.48. The first-order valence-corrected chi connectivity index (χ1v) is 11.9. The first-order valence-electron chi connectivity index (χ1n) is 11.9. The van der Waals surface area contributed by atoms with E-state index in [0.29, 0.717) is 13.0 Å². The standard InChI is InChI=1S/C26H28N2O7/c29-16-11-22(25(31)32)28(13-16)24(30)23-15(9-10-34-23)12-27-26(33)35-14-21-19-7-3-1-5-17(19)18-6-2-4-8-20(18)21/h1-8,15-16,21-23,29H,9-14H2,(H,27,33)(H,31,32)/t15-,16+,22-,23-/m0/s1. The number of nitrogens with one attached hydrogen (secondary N) is 1. The zero-order valence-corrected chi connectivity index (χ0v) is 19.1. The molecule has 9 heteroatoms. The highest BCUT2D eigenvalue weighted by molar-refractivity contribution is 5.87. The summed E-state index contributed by atoms with van der Waals surface area (Å²) in [7, 11) is 0. The first-order chi connectivity index (χ1) is 16.9. The van der Waals surface area contributed by atoms with Gasteiger partial charge in [-0.1, -0.05) is 48.5 Å². The van der Waals surface area contributed by atoms with Crippen molar-refractivity contribution >= 4 is 18.0 Å². The Morgan fingerprint density at radius 1 is 1.06 bits per heavy atom. The Balaban J connectivity index is 1.17. The fraction of sp³-hybridized carbons (Fsp3) is 0.423. The van der Waals surface area contributed by atoms with Gasteiger partial charge in [-0.15, -0.1) is 0 Å². The van der Waals surface area contributed by atoms with Crippen molar-refractivity contribution in [3.05, 3.63) is 59.7 Å². The Bertz CT molecular complexity index is 1090. The van der Waals surface area contributed by atoms with Gasteiger partial charge in [0.1, 0.15) is 18.8 Å². The van der Waals surface area contributed by atoms with Crippen molar-refractivity contribution < 1.29 is 34.1 Å². The minimum absolute atomic E-state index is 0.00351. The number of ether oxygens (including phenoxy) is 2. The third-order valence-corrected chi connectivity index (χ3v) is 7.16. The lowest BCUT2D eigenvalue weighted by atomic mass is 9.98. The van der Waals surface area contributed by atoms with E-state index in [1.54, 1.807) is 0 Å². The lowest BCUT2D eigenvalue weighted by molar-refractivity contribution is -0.153. The van der Waals surface area contributed by atoms with Crippen LogP contribution in [0.4, 0.5) is 4.79 Å². The molecule has 0 aromatic heterocycles. The number of amides is 2. The van der Waals surface area contributed by atoms with Gasteiger partial charge in [-0.3, -0.25) is 4.79 Å². The summed E-state index contributed by atoms with van der Waals surface area (Å²) in [6, 6.07) is 15.1. The van der Waals surface area contributed by atoms with Crippen molar-refractivity contribution in [3.8, 4) is 11.1 Å². The Morgan fingerprint density at radius 2 is 1.71 bits per heavy atom. The van der Waals surface area contributed by atoms with Crippen LogP contribution in [-0.2, 0) is 19.1 Å². The van der Waals surface area contributed by atoms with Gasteiger partial charge in [-0.25, -0.2) is 9.59 Å². The van der Waals surface area contributed by atoms with Crippen LogP contribution in [0.25, 0.3) is 11.1 Å². The van der Waals surface area contributed by atoms with Crippen molar-refractivity contribution in [1.82, 2.24) is 10.2 Å². The van der Waals surface area contributed by atoms with E-state index in [1.165, 1.54) is 4.90 Å². The van der Waals surface area contributed by atoms with Gasteiger partial charge in [0.25, 0.3) is 5.91 Å². The SMILES string of the molecule is O=C(NC[C@@H]1CCO[C@@H]1C(=O)N1C[C@H](O)C[C@H]1C(=O)O)OCC1c2ccccc2-c2ccccc21. The lowest BCUT2D eigenvalue weighted by Gasteiger charge is -2.27. The summed E-state index contributed by atoms with van der Waals surface area (Å²) in [5, 5.41) is 22.0. The van der Waals surface area contributed by atoms with Gasteiger partial charge in [0.2, 0.25) is 0 Å². The molecule has 184 valence electrons. The summed E-state index contributed by atoms with van der Waals surface area (Å²) in [5.41, 5.74) is 4.54. The molecule has 35 heavy (non-hydrogen) atoms. The van der Waals surface area contributed by atoms with E-state index < -0.39 is 36.2 Å². The van der Waals surface area contributed by atoms with Crippen LogP contribution in [-0.4, -0.2) is 77.6 Å². The number of hydrogen-bond donors (Lipinski definition) is 3. The summed E-state index contributed by atoms with van der Waals surface area (Å²) in [5.74, 6) is -1.98. The van der Waals surface area contributed by atoms with Crippen molar-refractivity contribution in [1.29, 1.82) is 0 Å². The summed E-state index contributed by atoms with van der Waals surface area (Å²) < 4.78 is 11.2. The summed E-state index contributed by atoms with van der Waals surface area (Å²) >= 11 is 0. The van der Waals surface area contributed by atoms with Crippen molar-refractivity contribution in [2.75, 3.05) is 26.3 Å². The molecule has 0 unspecified atom stereocenters. The second-order valence-electron chi connectivity index (χ2n) is 9.28. The molecule has 0 radical (unpaired) electrons. The number of benzene rings is 2. The molecule has 2 saturated heterocycles. The highest BCUT2D eigenvalue weighted by atomic mass is 16.5. The maximum Gasteiger partial charge on any atom is 0.407 e. The monoisotopic (exact) mass is 480 g/mol. The third kappa shape index (κ3) is 4.49. The number of aliphatic hydroxyl groups is 1. The van der Waals surface area contributed by atoms with Crippen LogP contribution in [0.15, 0.2) is 48.5 Å². The van der Waals surface area contributed by atoms with Gasteiger partial charge in [-0.2, -0.15) is 0 Å². The zero-order chi connectivity index (χ0) is 24.5. The van der Waals surface area contributed by atoms with E-state index >= 15 is 0 Å². The van der Waals surface area contributed by atoms with E-state index in [4.69, 9.17) is 9.47 Å². The van der Waals surface area contributed by atoms with E-state index in [9.17, 15) is 24.6 Å². The Labute approximate surface area is 202 Å². The van der Waals surface area contributed by atoms with Crippen LogP contribution in [0, 0.1) is 5.92 Å². The Morgan fingerprint density at radius 3 is 2.37 bits per heavy atom. The van der Waals surface area contributed by atoms with Crippen molar-refractivity contribution in [3.63, 3.8) is 0 Å². The zero-order valence-electron chi connectivity index (χ0n) is 19.1. The third-order valence-electron chi connectivity index (χ3n) is 7.16. The number of carboxylic acids is 1. The molecular weight excluding hydrogens is 452 g/mol. The molecule has 3 N–H and O–H groups in total. The number of likely N-dealkylation sites (tertiary alicyclic amines) is 1. The van der Waals surface area contributed by atoms with Gasteiger partial charge in [-0.05, 0) is 28.7 Å². The number of alkyl carbamates (subject to hydrolysis) is 1. The maximum atomic E-state index is 13.0. The van der Waals surface area contributed by atoms with Crippen LogP contribution < -0.4 is 5.32 Å². The summed E-state index contributed by atoms with van der Waals surface area (Å²) in [4.78, 5) is 38.2. The molecule has 0 saturated carbocycles. The number of fused-ring (bicyclic) bond motifs is 3. The molecule has 4 atom stereocenters. The summed E-state index contributed by atoms with van der Waals surface area (Å²) in [6.07, 6.45) is -1.77. The fourth-order valence-corrected chi connectivity index (χ4v) is 5.43. The number of carboxylic acid groups (broad SMARTS) is 1. The molecule has 9 nitrogen and oxygen atoms in total. The van der Waals surface area contributed by atoms with Crippen molar-refractivity contribution in [2.24, 2.45) is 5.92 Å². The van der Waals surface area contributed by atoms with E-state index in [1.807, 2.05) is 36.4 Å². The van der Waals surface area contributed by atoms with Crippen LogP contribution in [0.5, 0.6) is 0 Å². The smallest absolute Gasteiger partial charge is 0.407 e. The number of aliphatic hydroxyl groups excluding tert-OH is 1. The molecular formula is C26H28N2O7. The van der Waals surface area contributed by atoms with Crippen LogP contribution in [0.2, 0.25) is 0 Å². The van der Waals surface area contributed by atoms with E-state index in [-0.39, 0.29) is 38.0 Å². The molecule has 2 amide bonds. The predicted octanol–water partition coefficient (Wildman–Crippen LogP) is 1.98. The number of rotatable bonds is 6. The first kappa shape index (κ1) is 23.3. The van der Waals surface area contributed by atoms with Gasteiger partial charge in [0.05, 0.1) is 6.10 Å². The molecule has 2 fully saturated rings. The van der Waals surface area contributed by atoms with E-state index in [0.717, 1.165) is 22.3 Å². The molecule has 1 aliphatic carbocycles. The van der Waals surface area contributed by atoms with Crippen LogP contribution in [0.3, 0.4) is 0 Å². The number of carbonyl (C=O) groups excluding carboxylic acids is 2. The Hall–Kier alpha value is -3.43.